The fourth-order valence-corrected chi connectivity index (χ4v) is 1.38. The highest BCUT2D eigenvalue weighted by Crippen LogP contribution is 2.22. The molecule has 0 spiro atoms. The van der Waals surface area contributed by atoms with E-state index in [4.69, 9.17) is 5.26 Å². The maximum atomic E-state index is 12.0. The Kier molecular flexibility index (Phi) is 3.67. The lowest BCUT2D eigenvalue weighted by Gasteiger charge is -2.25. The minimum atomic E-state index is -0.943. The fourth-order valence-electron chi connectivity index (χ4n) is 1.38. The average molecular weight is 220 g/mol. The van der Waals surface area contributed by atoms with Crippen LogP contribution in [0.25, 0.3) is 0 Å². The van der Waals surface area contributed by atoms with Crippen LogP contribution in [0.2, 0.25) is 0 Å². The van der Waals surface area contributed by atoms with Crippen LogP contribution in [0.1, 0.15) is 26.1 Å². The molecule has 0 aliphatic rings. The Bertz CT molecular complexity index is 393. The van der Waals surface area contributed by atoms with Crippen LogP contribution in [0.15, 0.2) is 12.4 Å². The first-order valence-electron chi connectivity index (χ1n) is 5.18. The number of aromatic nitrogens is 2. The third kappa shape index (κ3) is 2.40. The van der Waals surface area contributed by atoms with Gasteiger partial charge in [-0.3, -0.25) is 4.79 Å². The Morgan fingerprint density at radius 2 is 2.44 bits per heavy atom. The van der Waals surface area contributed by atoms with Gasteiger partial charge in [0, 0.05) is 19.4 Å². The second kappa shape index (κ2) is 4.79. The molecule has 0 radical (unpaired) electrons. The molecule has 16 heavy (non-hydrogen) atoms. The molecule has 1 atom stereocenters. The number of nitriles is 1. The molecule has 1 rings (SSSR count). The lowest BCUT2D eigenvalue weighted by molar-refractivity contribution is -0.137. The number of nitrogens with one attached hydrogen (secondary N) is 1. The molecular formula is C11H16N4O. The summed E-state index contributed by atoms with van der Waals surface area (Å²) < 4.78 is 0. The van der Waals surface area contributed by atoms with E-state index in [1.807, 2.05) is 6.92 Å². The summed E-state index contributed by atoms with van der Waals surface area (Å²) in [5.74, 6) is 0.543. The van der Waals surface area contributed by atoms with Crippen LogP contribution in [0.5, 0.6) is 0 Å². The molecule has 0 aliphatic heterocycles. The molecule has 0 bridgehead atoms. The largest absolute Gasteiger partial charge is 0.347 e. The summed E-state index contributed by atoms with van der Waals surface area (Å²) in [6, 6.07) is 2.07. The van der Waals surface area contributed by atoms with Crippen molar-refractivity contribution in [3.63, 3.8) is 0 Å². The van der Waals surface area contributed by atoms with Crippen molar-refractivity contribution >= 4 is 5.91 Å². The van der Waals surface area contributed by atoms with E-state index in [2.05, 4.69) is 16.0 Å². The summed E-state index contributed by atoms with van der Waals surface area (Å²) in [6.45, 7) is 3.89. The van der Waals surface area contributed by atoms with Gasteiger partial charge in [0.1, 0.15) is 11.2 Å². The van der Waals surface area contributed by atoms with E-state index in [1.54, 1.807) is 26.4 Å². The maximum Gasteiger partial charge on any atom is 0.242 e. The van der Waals surface area contributed by atoms with Crippen LogP contribution < -0.4 is 0 Å². The van der Waals surface area contributed by atoms with Crippen LogP contribution in [0, 0.1) is 16.7 Å². The van der Waals surface area contributed by atoms with Crippen molar-refractivity contribution in [2.24, 2.45) is 5.41 Å². The van der Waals surface area contributed by atoms with Gasteiger partial charge in [-0.1, -0.05) is 6.92 Å². The number of H-pyrrole nitrogens is 1. The first kappa shape index (κ1) is 12.2. The summed E-state index contributed by atoms with van der Waals surface area (Å²) in [6.07, 6.45) is 3.85. The third-order valence-corrected chi connectivity index (χ3v) is 2.71. The molecule has 1 aromatic heterocycles. The molecular weight excluding hydrogens is 204 g/mol. The number of hydrogen-bond donors (Lipinski definition) is 1. The van der Waals surface area contributed by atoms with Crippen LogP contribution in [0.3, 0.4) is 0 Å². The Labute approximate surface area is 95.1 Å². The smallest absolute Gasteiger partial charge is 0.242 e. The lowest BCUT2D eigenvalue weighted by Crippen LogP contribution is -2.38. The molecule has 1 N–H and O–H groups in total. The van der Waals surface area contributed by atoms with Gasteiger partial charge in [0.25, 0.3) is 0 Å². The molecule has 1 unspecified atom stereocenters. The number of imidazole rings is 1. The lowest BCUT2D eigenvalue weighted by atomic mass is 9.88. The number of amides is 1. The highest BCUT2D eigenvalue weighted by molar-refractivity contribution is 5.84. The number of aromatic amines is 1. The highest BCUT2D eigenvalue weighted by atomic mass is 16.2. The summed E-state index contributed by atoms with van der Waals surface area (Å²) in [5, 5.41) is 9.01. The standard InChI is InChI=1S/C11H16N4O/c1-4-11(2,8-12)10(16)15(3)7-9-13-5-6-14-9/h5-6H,4,7H2,1-3H3,(H,13,14). The van der Waals surface area contributed by atoms with Crippen molar-refractivity contribution in [3.8, 4) is 6.07 Å². The Hall–Kier alpha value is -1.83. The number of hydrogen-bond acceptors (Lipinski definition) is 3. The molecule has 1 heterocycles. The van der Waals surface area contributed by atoms with Gasteiger partial charge in [-0.05, 0) is 13.3 Å². The summed E-state index contributed by atoms with van der Waals surface area (Å²) >= 11 is 0. The molecule has 86 valence electrons. The van der Waals surface area contributed by atoms with Crippen molar-refractivity contribution < 1.29 is 4.79 Å². The van der Waals surface area contributed by atoms with Gasteiger partial charge < -0.3 is 9.88 Å². The summed E-state index contributed by atoms with van der Waals surface area (Å²) in [4.78, 5) is 20.5. The first-order valence-corrected chi connectivity index (χ1v) is 5.18. The molecule has 5 nitrogen and oxygen atoms in total. The van der Waals surface area contributed by atoms with E-state index in [0.29, 0.717) is 18.8 Å². The van der Waals surface area contributed by atoms with Gasteiger partial charge in [-0.25, -0.2) is 4.98 Å². The molecule has 0 aliphatic carbocycles. The Morgan fingerprint density at radius 3 is 2.88 bits per heavy atom. The van der Waals surface area contributed by atoms with Crippen LogP contribution in [-0.4, -0.2) is 27.8 Å². The molecule has 5 heteroatoms. The first-order chi connectivity index (χ1) is 7.53. The van der Waals surface area contributed by atoms with Gasteiger partial charge >= 0.3 is 0 Å². The fraction of sp³-hybridized carbons (Fsp3) is 0.545. The molecule has 0 saturated heterocycles. The van der Waals surface area contributed by atoms with Crippen molar-refractivity contribution in [2.75, 3.05) is 7.05 Å². The van der Waals surface area contributed by atoms with Crippen molar-refractivity contribution in [2.45, 2.75) is 26.8 Å². The second-order valence-electron chi connectivity index (χ2n) is 3.99. The zero-order valence-electron chi connectivity index (χ0n) is 9.82. The number of carbonyl (C=O) groups is 1. The van der Waals surface area contributed by atoms with Gasteiger partial charge in [0.05, 0.1) is 12.6 Å². The highest BCUT2D eigenvalue weighted by Gasteiger charge is 2.33. The van der Waals surface area contributed by atoms with Crippen LogP contribution >= 0.6 is 0 Å². The monoisotopic (exact) mass is 220 g/mol. The summed E-state index contributed by atoms with van der Waals surface area (Å²) in [5.41, 5.74) is -0.943. The number of carbonyl (C=O) groups excluding carboxylic acids is 1. The molecule has 0 saturated carbocycles. The van der Waals surface area contributed by atoms with E-state index < -0.39 is 5.41 Å². The normalized spacial score (nSPS) is 13.9. The quantitative estimate of drug-likeness (QED) is 0.831. The molecule has 0 aromatic carbocycles. The van der Waals surface area contributed by atoms with Crippen molar-refractivity contribution in [1.29, 1.82) is 5.26 Å². The zero-order chi connectivity index (χ0) is 12.2. The van der Waals surface area contributed by atoms with Crippen molar-refractivity contribution in [1.82, 2.24) is 14.9 Å². The van der Waals surface area contributed by atoms with Gasteiger partial charge in [0.15, 0.2) is 0 Å². The van der Waals surface area contributed by atoms with Gasteiger partial charge in [-0.2, -0.15) is 5.26 Å². The zero-order valence-corrected chi connectivity index (χ0v) is 9.82. The number of rotatable bonds is 4. The SMILES string of the molecule is CCC(C)(C#N)C(=O)N(C)Cc1ncc[nH]1. The molecule has 0 fully saturated rings. The van der Waals surface area contributed by atoms with E-state index in [9.17, 15) is 4.79 Å². The predicted molar refractivity (Wildman–Crippen MR) is 59.1 cm³/mol. The predicted octanol–water partition coefficient (Wildman–Crippen LogP) is 1.31. The van der Waals surface area contributed by atoms with Crippen LogP contribution in [-0.2, 0) is 11.3 Å². The Morgan fingerprint density at radius 1 is 1.75 bits per heavy atom. The Balaban J connectivity index is 2.71. The van der Waals surface area contributed by atoms with E-state index >= 15 is 0 Å². The topological polar surface area (TPSA) is 72.8 Å². The third-order valence-electron chi connectivity index (χ3n) is 2.71. The van der Waals surface area contributed by atoms with Crippen LogP contribution in [0.4, 0.5) is 0 Å². The van der Waals surface area contributed by atoms with Gasteiger partial charge in [0.2, 0.25) is 5.91 Å². The summed E-state index contributed by atoms with van der Waals surface area (Å²) in [7, 11) is 1.68. The minimum Gasteiger partial charge on any atom is -0.347 e. The van der Waals surface area contributed by atoms with E-state index in [1.165, 1.54) is 4.90 Å². The maximum absolute atomic E-state index is 12.0. The molecule has 1 aromatic rings. The molecule has 1 amide bonds. The van der Waals surface area contributed by atoms with E-state index in [-0.39, 0.29) is 5.91 Å². The van der Waals surface area contributed by atoms with Crippen molar-refractivity contribution in [3.05, 3.63) is 18.2 Å². The second-order valence-corrected chi connectivity index (χ2v) is 3.99. The van der Waals surface area contributed by atoms with E-state index in [0.717, 1.165) is 0 Å². The number of nitrogens with zero attached hydrogens (tertiary/aromatic N) is 3. The minimum absolute atomic E-state index is 0.172. The van der Waals surface area contributed by atoms with Gasteiger partial charge in [-0.15, -0.1) is 0 Å². The average Bonchev–Trinajstić information content (AvgIpc) is 2.79.